The predicted octanol–water partition coefficient (Wildman–Crippen LogP) is 7.08. The lowest BCUT2D eigenvalue weighted by atomic mass is 9.86. The molecule has 4 heterocycles. The molecule has 9 rings (SSSR count). The van der Waals surface area contributed by atoms with E-state index in [1.807, 2.05) is 54.6 Å². The lowest BCUT2D eigenvalue weighted by molar-refractivity contribution is -0.0336. The van der Waals surface area contributed by atoms with E-state index in [0.717, 1.165) is 54.7 Å². The highest BCUT2D eigenvalue weighted by Crippen LogP contribution is 2.32. The number of aliphatic hydroxyl groups is 1. The van der Waals surface area contributed by atoms with Gasteiger partial charge in [0.05, 0.1) is 23.2 Å². The molecular formula is C49H49FN4O8. The van der Waals surface area contributed by atoms with Gasteiger partial charge in [0.1, 0.15) is 36.6 Å². The minimum atomic E-state index is -0.910. The fraction of sp³-hybridized carbons (Fsp3) is 0.286. The highest BCUT2D eigenvalue weighted by atomic mass is 19.1. The maximum Gasteiger partial charge on any atom is 0.408 e. The molecule has 3 atom stereocenters. The SMILES string of the molecule is O=C(NC(c1ccccc1)c1cccc(OCc2ccc(C(=O)OCc3ccc(CCNC[C@@H](O)c4ccc(O)c5[nH]c(=O)ccc45)cc3F)cc2)c1)O[C@H]1CN2CCC1CC2. The third-order valence-electron chi connectivity index (χ3n) is 11.7. The molecule has 1 amide bonds. The van der Waals surface area contributed by atoms with E-state index in [-0.39, 0.29) is 48.3 Å². The highest BCUT2D eigenvalue weighted by Gasteiger charge is 2.37. The molecule has 3 fully saturated rings. The number of ether oxygens (including phenoxy) is 3. The van der Waals surface area contributed by atoms with E-state index in [0.29, 0.717) is 41.1 Å². The van der Waals surface area contributed by atoms with Crippen molar-refractivity contribution in [1.82, 2.24) is 20.5 Å². The first-order valence-corrected chi connectivity index (χ1v) is 20.9. The van der Waals surface area contributed by atoms with Crippen LogP contribution in [0.5, 0.6) is 11.5 Å². The number of phenols is 1. The number of carbonyl (C=O) groups is 2. The summed E-state index contributed by atoms with van der Waals surface area (Å²) in [7, 11) is 0. The molecule has 1 aromatic heterocycles. The van der Waals surface area contributed by atoms with Gasteiger partial charge in [0.2, 0.25) is 5.56 Å². The van der Waals surface area contributed by atoms with Crippen LogP contribution in [0.15, 0.2) is 126 Å². The lowest BCUT2D eigenvalue weighted by Crippen LogP contribution is -2.52. The van der Waals surface area contributed by atoms with E-state index >= 15 is 4.39 Å². The Morgan fingerprint density at radius 2 is 1.63 bits per heavy atom. The quantitative estimate of drug-likeness (QED) is 0.0503. The number of rotatable bonds is 16. The molecular weight excluding hydrogens is 792 g/mol. The van der Waals surface area contributed by atoms with Crippen molar-refractivity contribution in [2.45, 2.75) is 50.7 Å². The number of alkyl carbamates (subject to hydrolysis) is 1. The molecule has 3 aliphatic rings. The summed E-state index contributed by atoms with van der Waals surface area (Å²) in [5.41, 5.74) is 4.32. The van der Waals surface area contributed by atoms with Crippen molar-refractivity contribution in [3.8, 4) is 11.5 Å². The number of hydrogen-bond donors (Lipinski definition) is 5. The van der Waals surface area contributed by atoms with E-state index in [4.69, 9.17) is 14.2 Å². The van der Waals surface area contributed by atoms with Crippen LogP contribution in [-0.2, 0) is 29.1 Å². The number of aromatic nitrogens is 1. The van der Waals surface area contributed by atoms with Gasteiger partial charge in [-0.05, 0) is 115 Å². The molecule has 3 saturated heterocycles. The van der Waals surface area contributed by atoms with Crippen LogP contribution < -0.4 is 20.9 Å². The molecule has 0 spiro atoms. The molecule has 1 unspecified atom stereocenters. The summed E-state index contributed by atoms with van der Waals surface area (Å²) in [6, 6.07) is 34.4. The predicted molar refractivity (Wildman–Crippen MR) is 231 cm³/mol. The van der Waals surface area contributed by atoms with Gasteiger partial charge in [-0.3, -0.25) is 9.69 Å². The molecule has 6 aromatic rings. The number of benzene rings is 5. The smallest absolute Gasteiger partial charge is 0.408 e. The van der Waals surface area contributed by atoms with Crippen LogP contribution in [0.1, 0.15) is 68.7 Å². The summed E-state index contributed by atoms with van der Waals surface area (Å²) in [6.45, 7) is 3.56. The maximum absolute atomic E-state index is 15.0. The van der Waals surface area contributed by atoms with Gasteiger partial charge in [0.15, 0.2) is 0 Å². The second-order valence-corrected chi connectivity index (χ2v) is 15.9. The average Bonchev–Trinajstić information content (AvgIpc) is 3.29. The van der Waals surface area contributed by atoms with Crippen LogP contribution in [0.3, 0.4) is 0 Å². The number of aromatic amines is 1. The van der Waals surface area contributed by atoms with Crippen molar-refractivity contribution in [1.29, 1.82) is 0 Å². The Balaban J connectivity index is 0.797. The zero-order valence-electron chi connectivity index (χ0n) is 34.1. The van der Waals surface area contributed by atoms with Crippen molar-refractivity contribution in [3.05, 3.63) is 176 Å². The Morgan fingerprint density at radius 1 is 0.855 bits per heavy atom. The van der Waals surface area contributed by atoms with Gasteiger partial charge in [-0.15, -0.1) is 0 Å². The first-order valence-electron chi connectivity index (χ1n) is 20.9. The molecule has 2 bridgehead atoms. The topological polar surface area (TPSA) is 162 Å². The number of fused-ring (bicyclic) bond motifs is 4. The lowest BCUT2D eigenvalue weighted by Gasteiger charge is -2.43. The summed E-state index contributed by atoms with van der Waals surface area (Å²) in [4.78, 5) is 42.8. The van der Waals surface area contributed by atoms with E-state index in [2.05, 4.69) is 20.5 Å². The van der Waals surface area contributed by atoms with E-state index in [1.165, 1.54) is 18.2 Å². The van der Waals surface area contributed by atoms with Crippen molar-refractivity contribution in [3.63, 3.8) is 0 Å². The van der Waals surface area contributed by atoms with E-state index in [1.54, 1.807) is 48.5 Å². The molecule has 5 aromatic carbocycles. The average molecular weight is 841 g/mol. The number of amides is 1. The van der Waals surface area contributed by atoms with Crippen LogP contribution in [0.4, 0.5) is 9.18 Å². The summed E-state index contributed by atoms with van der Waals surface area (Å²) in [5, 5.41) is 27.7. The first kappa shape index (κ1) is 42.2. The largest absolute Gasteiger partial charge is 0.506 e. The standard InChI is InChI=1S/C49H49FN4O8/c50-41-25-31(19-22-51-27-43(56)39-15-17-42(55)47-40(39)16-18-45(57)52-47)9-14-37(41)30-61-48(58)35-12-10-32(11-13-35)29-60-38-8-4-7-36(26-38)46(34-5-2-1-3-6-34)53-49(59)62-44-28-54-23-20-33(44)21-24-54/h1-18,25-26,33,43-44,46,51,55-56H,19-24,27-30H2,(H,52,57)(H,53,59)/t43-,44+,46?/m1/s1. The number of aliphatic hydroxyl groups excluding tert-OH is 1. The first-order chi connectivity index (χ1) is 30.2. The summed E-state index contributed by atoms with van der Waals surface area (Å²) < 4.78 is 32.6. The Morgan fingerprint density at radius 3 is 2.39 bits per heavy atom. The number of aromatic hydroxyl groups is 1. The zero-order valence-corrected chi connectivity index (χ0v) is 34.1. The molecule has 13 heteroatoms. The molecule has 0 aliphatic carbocycles. The van der Waals surface area contributed by atoms with Gasteiger partial charge in [0, 0.05) is 30.1 Å². The molecule has 12 nitrogen and oxygen atoms in total. The number of halogens is 1. The molecule has 5 N–H and O–H groups in total. The third-order valence-corrected chi connectivity index (χ3v) is 11.7. The number of nitrogens with one attached hydrogen (secondary N) is 3. The zero-order chi connectivity index (χ0) is 43.0. The Bertz CT molecular complexity index is 2560. The van der Waals surface area contributed by atoms with Gasteiger partial charge in [-0.1, -0.05) is 72.8 Å². The summed E-state index contributed by atoms with van der Waals surface area (Å²) in [6.07, 6.45) is 1.13. The highest BCUT2D eigenvalue weighted by molar-refractivity contribution is 5.89. The molecule has 3 aliphatic heterocycles. The number of carbonyl (C=O) groups excluding carboxylic acids is 2. The Labute approximate surface area is 358 Å². The van der Waals surface area contributed by atoms with Gasteiger partial charge in [0.25, 0.3) is 0 Å². The monoisotopic (exact) mass is 840 g/mol. The van der Waals surface area contributed by atoms with Gasteiger partial charge in [-0.2, -0.15) is 0 Å². The van der Waals surface area contributed by atoms with Crippen molar-refractivity contribution < 1.29 is 38.4 Å². The van der Waals surface area contributed by atoms with Crippen LogP contribution in [0, 0.1) is 11.7 Å². The molecule has 0 saturated carbocycles. The number of H-pyrrole nitrogens is 1. The van der Waals surface area contributed by atoms with E-state index in [9.17, 15) is 24.6 Å². The van der Waals surface area contributed by atoms with Crippen molar-refractivity contribution in [2.75, 3.05) is 32.7 Å². The van der Waals surface area contributed by atoms with Gasteiger partial charge >= 0.3 is 12.1 Å². The Kier molecular flexibility index (Phi) is 13.2. The fourth-order valence-corrected chi connectivity index (χ4v) is 8.25. The minimum Gasteiger partial charge on any atom is -0.506 e. The van der Waals surface area contributed by atoms with Crippen LogP contribution in [0.2, 0.25) is 0 Å². The molecule has 62 heavy (non-hydrogen) atoms. The summed E-state index contributed by atoms with van der Waals surface area (Å²) >= 11 is 0. The maximum atomic E-state index is 15.0. The van der Waals surface area contributed by atoms with Crippen LogP contribution in [0.25, 0.3) is 10.9 Å². The second kappa shape index (κ2) is 19.4. The third kappa shape index (κ3) is 10.3. The second-order valence-electron chi connectivity index (χ2n) is 15.9. The van der Waals surface area contributed by atoms with Gasteiger partial charge < -0.3 is 40.0 Å². The number of phenolic OH excluding ortho intramolecular Hbond substituents is 1. The molecule has 0 radical (unpaired) electrons. The van der Waals surface area contributed by atoms with Crippen molar-refractivity contribution in [2.24, 2.45) is 5.92 Å². The fourth-order valence-electron chi connectivity index (χ4n) is 8.25. The minimum absolute atomic E-state index is 0.0824. The van der Waals surface area contributed by atoms with Crippen LogP contribution >= 0.6 is 0 Å². The van der Waals surface area contributed by atoms with Crippen LogP contribution in [-0.4, -0.2) is 71.0 Å². The number of nitrogens with zero attached hydrogens (tertiary/aromatic N) is 1. The normalized spacial score (nSPS) is 17.9. The number of pyridine rings is 1. The molecule has 320 valence electrons. The number of hydrogen-bond acceptors (Lipinski definition) is 10. The Hall–Kier alpha value is -6.54. The van der Waals surface area contributed by atoms with Gasteiger partial charge in [-0.25, -0.2) is 14.0 Å². The summed E-state index contributed by atoms with van der Waals surface area (Å²) in [5.74, 6) is -0.147. The number of piperidine rings is 3. The van der Waals surface area contributed by atoms with Crippen molar-refractivity contribution >= 4 is 23.0 Å². The number of esters is 1. The van der Waals surface area contributed by atoms with E-state index < -0.39 is 30.0 Å².